The molecule has 1 unspecified atom stereocenters. The minimum atomic E-state index is 0.226. The van der Waals surface area contributed by atoms with E-state index < -0.39 is 0 Å². The Kier molecular flexibility index (Phi) is 4.98. The normalized spacial score (nSPS) is 12.2. The van der Waals surface area contributed by atoms with Gasteiger partial charge >= 0.3 is 0 Å². The Hall–Kier alpha value is -1.54. The van der Waals surface area contributed by atoms with Crippen molar-refractivity contribution in [2.75, 3.05) is 7.11 Å². The van der Waals surface area contributed by atoms with Crippen molar-refractivity contribution in [3.63, 3.8) is 0 Å². The molecule has 0 aliphatic carbocycles. The molecular weight excluding hydrogens is 216 g/mol. The molecule has 0 bridgehead atoms. The highest BCUT2D eigenvalue weighted by molar-refractivity contribution is 5.30. The standard InChI is InChI=1S/C12H20N4O/c1-5-10(6-7-13)14-8-11-9(2)15-16(3)12(11)17-4/h10,14H,5-6,8H2,1-4H3. The molecule has 94 valence electrons. The van der Waals surface area contributed by atoms with Crippen LogP contribution >= 0.6 is 0 Å². The van der Waals surface area contributed by atoms with E-state index in [4.69, 9.17) is 10.00 Å². The molecule has 0 amide bonds. The molecule has 0 aromatic carbocycles. The predicted octanol–water partition coefficient (Wildman–Crippen LogP) is 1.52. The van der Waals surface area contributed by atoms with Gasteiger partial charge in [-0.15, -0.1) is 0 Å². The zero-order valence-corrected chi connectivity index (χ0v) is 10.9. The molecule has 1 heterocycles. The quantitative estimate of drug-likeness (QED) is 0.813. The van der Waals surface area contributed by atoms with E-state index in [9.17, 15) is 0 Å². The topological polar surface area (TPSA) is 62.9 Å². The second kappa shape index (κ2) is 6.26. The number of hydrogen-bond acceptors (Lipinski definition) is 4. The molecule has 1 atom stereocenters. The molecule has 1 aromatic heterocycles. The summed E-state index contributed by atoms with van der Waals surface area (Å²) in [4.78, 5) is 0. The van der Waals surface area contributed by atoms with Gasteiger partial charge in [0.2, 0.25) is 5.88 Å². The number of rotatable bonds is 6. The lowest BCUT2D eigenvalue weighted by Crippen LogP contribution is -2.27. The van der Waals surface area contributed by atoms with Crippen LogP contribution in [0.25, 0.3) is 0 Å². The number of aromatic nitrogens is 2. The summed E-state index contributed by atoms with van der Waals surface area (Å²) in [6.45, 7) is 4.72. The van der Waals surface area contributed by atoms with E-state index in [0.717, 1.165) is 23.6 Å². The van der Waals surface area contributed by atoms with E-state index in [2.05, 4.69) is 23.4 Å². The third-order valence-electron chi connectivity index (χ3n) is 2.88. The molecule has 0 radical (unpaired) electrons. The largest absolute Gasteiger partial charge is 0.481 e. The van der Waals surface area contributed by atoms with Crippen molar-refractivity contribution in [3.05, 3.63) is 11.3 Å². The Morgan fingerprint density at radius 1 is 1.59 bits per heavy atom. The van der Waals surface area contributed by atoms with E-state index in [-0.39, 0.29) is 6.04 Å². The van der Waals surface area contributed by atoms with Crippen LogP contribution in [0.5, 0.6) is 5.88 Å². The first-order valence-corrected chi connectivity index (χ1v) is 5.80. The lowest BCUT2D eigenvalue weighted by atomic mass is 10.1. The SMILES string of the molecule is CCC(CC#N)NCc1c(C)nn(C)c1OC. The maximum atomic E-state index is 8.69. The molecule has 1 rings (SSSR count). The van der Waals surface area contributed by atoms with Gasteiger partial charge < -0.3 is 10.1 Å². The van der Waals surface area contributed by atoms with Gasteiger partial charge in [0.05, 0.1) is 30.9 Å². The van der Waals surface area contributed by atoms with Crippen molar-refractivity contribution in [2.24, 2.45) is 7.05 Å². The Morgan fingerprint density at radius 3 is 2.82 bits per heavy atom. The number of aryl methyl sites for hydroxylation is 2. The molecule has 1 N–H and O–H groups in total. The predicted molar refractivity (Wildman–Crippen MR) is 65.6 cm³/mol. The first-order chi connectivity index (χ1) is 8.13. The van der Waals surface area contributed by atoms with Crippen molar-refractivity contribution in [3.8, 4) is 11.9 Å². The minimum absolute atomic E-state index is 0.226. The van der Waals surface area contributed by atoms with Gasteiger partial charge in [0.25, 0.3) is 0 Å². The molecule has 5 nitrogen and oxygen atoms in total. The van der Waals surface area contributed by atoms with Crippen LogP contribution in [-0.4, -0.2) is 22.9 Å². The van der Waals surface area contributed by atoms with Gasteiger partial charge in [0.15, 0.2) is 0 Å². The highest BCUT2D eigenvalue weighted by Crippen LogP contribution is 2.20. The van der Waals surface area contributed by atoms with Crippen LogP contribution in [0.1, 0.15) is 31.0 Å². The van der Waals surface area contributed by atoms with E-state index in [1.807, 2.05) is 14.0 Å². The fraction of sp³-hybridized carbons (Fsp3) is 0.667. The van der Waals surface area contributed by atoms with E-state index in [1.165, 1.54) is 0 Å². The summed E-state index contributed by atoms with van der Waals surface area (Å²) in [5.74, 6) is 0.779. The van der Waals surface area contributed by atoms with Crippen LogP contribution in [-0.2, 0) is 13.6 Å². The van der Waals surface area contributed by atoms with Crippen LogP contribution in [0, 0.1) is 18.3 Å². The van der Waals surface area contributed by atoms with Crippen LogP contribution in [0.4, 0.5) is 0 Å². The zero-order chi connectivity index (χ0) is 12.8. The lowest BCUT2D eigenvalue weighted by molar-refractivity contribution is 0.366. The molecule has 17 heavy (non-hydrogen) atoms. The number of nitrogens with zero attached hydrogens (tertiary/aromatic N) is 3. The first kappa shape index (κ1) is 13.5. The van der Waals surface area contributed by atoms with Crippen LogP contribution < -0.4 is 10.1 Å². The number of methoxy groups -OCH3 is 1. The summed E-state index contributed by atoms with van der Waals surface area (Å²) in [7, 11) is 3.51. The summed E-state index contributed by atoms with van der Waals surface area (Å²) in [5, 5.41) is 16.4. The van der Waals surface area contributed by atoms with Gasteiger partial charge in [-0.3, -0.25) is 0 Å². The second-order valence-electron chi connectivity index (χ2n) is 4.05. The Balaban J connectivity index is 2.71. The van der Waals surface area contributed by atoms with Crippen molar-refractivity contribution < 1.29 is 4.74 Å². The summed E-state index contributed by atoms with van der Waals surface area (Å²) >= 11 is 0. The molecule has 1 aromatic rings. The Labute approximate surface area is 102 Å². The average molecular weight is 236 g/mol. The summed E-state index contributed by atoms with van der Waals surface area (Å²) in [6, 6.07) is 2.42. The van der Waals surface area contributed by atoms with Crippen LogP contribution in [0.15, 0.2) is 0 Å². The summed E-state index contributed by atoms with van der Waals surface area (Å²) in [6.07, 6.45) is 1.47. The summed E-state index contributed by atoms with van der Waals surface area (Å²) < 4.78 is 7.05. The molecule has 0 aliphatic heterocycles. The van der Waals surface area contributed by atoms with Crippen molar-refractivity contribution in [2.45, 2.75) is 39.3 Å². The number of ether oxygens (including phenoxy) is 1. The van der Waals surface area contributed by atoms with Gasteiger partial charge in [-0.25, -0.2) is 4.68 Å². The smallest absolute Gasteiger partial charge is 0.216 e. The third-order valence-corrected chi connectivity index (χ3v) is 2.88. The maximum Gasteiger partial charge on any atom is 0.216 e. The van der Waals surface area contributed by atoms with Gasteiger partial charge in [-0.05, 0) is 13.3 Å². The molecular formula is C12H20N4O. The zero-order valence-electron chi connectivity index (χ0n) is 10.9. The summed E-state index contributed by atoms with van der Waals surface area (Å²) in [5.41, 5.74) is 2.02. The Bertz CT molecular complexity index is 405. The first-order valence-electron chi connectivity index (χ1n) is 5.80. The lowest BCUT2D eigenvalue weighted by Gasteiger charge is -2.13. The minimum Gasteiger partial charge on any atom is -0.481 e. The van der Waals surface area contributed by atoms with Gasteiger partial charge in [-0.2, -0.15) is 10.4 Å². The molecule has 0 aliphatic rings. The molecule has 0 fully saturated rings. The Morgan fingerprint density at radius 2 is 2.29 bits per heavy atom. The average Bonchev–Trinajstić information content (AvgIpc) is 2.58. The number of hydrogen-bond donors (Lipinski definition) is 1. The van der Waals surface area contributed by atoms with Gasteiger partial charge in [0, 0.05) is 19.6 Å². The van der Waals surface area contributed by atoms with E-state index >= 15 is 0 Å². The maximum absolute atomic E-state index is 8.69. The molecule has 5 heteroatoms. The van der Waals surface area contributed by atoms with Crippen LogP contribution in [0.2, 0.25) is 0 Å². The fourth-order valence-electron chi connectivity index (χ4n) is 1.86. The van der Waals surface area contributed by atoms with Crippen molar-refractivity contribution in [1.29, 1.82) is 5.26 Å². The number of nitriles is 1. The highest BCUT2D eigenvalue weighted by atomic mass is 16.5. The van der Waals surface area contributed by atoms with E-state index in [0.29, 0.717) is 13.0 Å². The number of nitrogens with one attached hydrogen (secondary N) is 1. The molecule has 0 saturated heterocycles. The molecule has 0 saturated carbocycles. The van der Waals surface area contributed by atoms with Crippen LogP contribution in [0.3, 0.4) is 0 Å². The fourth-order valence-corrected chi connectivity index (χ4v) is 1.86. The highest BCUT2D eigenvalue weighted by Gasteiger charge is 2.14. The van der Waals surface area contributed by atoms with Gasteiger partial charge in [-0.1, -0.05) is 6.92 Å². The second-order valence-corrected chi connectivity index (χ2v) is 4.05. The monoisotopic (exact) mass is 236 g/mol. The molecule has 0 spiro atoms. The van der Waals surface area contributed by atoms with Crippen molar-refractivity contribution in [1.82, 2.24) is 15.1 Å². The van der Waals surface area contributed by atoms with Gasteiger partial charge in [0.1, 0.15) is 0 Å². The van der Waals surface area contributed by atoms with Crippen molar-refractivity contribution >= 4 is 0 Å². The van der Waals surface area contributed by atoms with E-state index in [1.54, 1.807) is 11.8 Å². The third kappa shape index (κ3) is 3.21.